The Morgan fingerprint density at radius 3 is 2.60 bits per heavy atom. The lowest BCUT2D eigenvalue weighted by Crippen LogP contribution is -2.20. The van der Waals surface area contributed by atoms with Crippen molar-refractivity contribution in [3.63, 3.8) is 0 Å². The van der Waals surface area contributed by atoms with Crippen LogP contribution in [0.5, 0.6) is 0 Å². The van der Waals surface area contributed by atoms with Gasteiger partial charge in [-0.1, -0.05) is 72.8 Å². The summed E-state index contributed by atoms with van der Waals surface area (Å²) in [5.74, 6) is -1.41. The van der Waals surface area contributed by atoms with Crippen LogP contribution in [0, 0.1) is 6.92 Å². The van der Waals surface area contributed by atoms with Crippen LogP contribution < -0.4 is 0 Å². The molecule has 1 fully saturated rings. The maximum absolute atomic E-state index is 12.2. The van der Waals surface area contributed by atoms with Gasteiger partial charge in [0.2, 0.25) is 0 Å². The molecule has 30 heavy (non-hydrogen) atoms. The Bertz CT molecular complexity index is 1040. The molecule has 4 rings (SSSR count). The number of aromatic nitrogens is 2. The summed E-state index contributed by atoms with van der Waals surface area (Å²) >= 11 is 6.20. The second kappa shape index (κ2) is 9.05. The summed E-state index contributed by atoms with van der Waals surface area (Å²) in [5.41, 5.74) is 4.69. The number of carboxylic acid groups (broad SMARTS) is 1. The van der Waals surface area contributed by atoms with Crippen LogP contribution in [0.3, 0.4) is 0 Å². The first-order valence-electron chi connectivity index (χ1n) is 10.6. The first kappa shape index (κ1) is 20.7. The van der Waals surface area contributed by atoms with Gasteiger partial charge in [0.15, 0.2) is 0 Å². The number of carboxylic acids is 1. The quantitative estimate of drug-likeness (QED) is 0.498. The summed E-state index contributed by atoms with van der Waals surface area (Å²) in [7, 11) is 0. The highest BCUT2D eigenvalue weighted by Crippen LogP contribution is 2.33. The molecule has 2 aromatic carbocycles. The van der Waals surface area contributed by atoms with Crippen LogP contribution in [0.4, 0.5) is 0 Å². The van der Waals surface area contributed by atoms with Crippen molar-refractivity contribution in [2.75, 3.05) is 0 Å². The summed E-state index contributed by atoms with van der Waals surface area (Å²) in [6.07, 6.45) is 6.24. The minimum atomic E-state index is -0.804. The van der Waals surface area contributed by atoms with Crippen LogP contribution in [0.25, 0.3) is 11.3 Å². The van der Waals surface area contributed by atoms with Crippen molar-refractivity contribution in [3.8, 4) is 11.3 Å². The second-order valence-corrected chi connectivity index (χ2v) is 8.71. The molecular weight excluding hydrogens is 396 g/mol. The highest BCUT2D eigenvalue weighted by molar-refractivity contribution is 6.30. The van der Waals surface area contributed by atoms with E-state index in [9.17, 15) is 9.90 Å². The molecule has 0 bridgehead atoms. The Hall–Kier alpha value is -2.59. The number of carbonyl (C=O) groups is 1. The zero-order valence-electron chi connectivity index (χ0n) is 17.2. The smallest absolute Gasteiger partial charge is 0.311 e. The zero-order valence-corrected chi connectivity index (χ0v) is 18.0. The molecule has 0 amide bonds. The molecule has 0 aliphatic heterocycles. The maximum Gasteiger partial charge on any atom is 0.311 e. The Labute approximate surface area is 182 Å². The van der Waals surface area contributed by atoms with Crippen LogP contribution in [0.15, 0.2) is 54.6 Å². The highest BCUT2D eigenvalue weighted by Gasteiger charge is 2.26. The summed E-state index contributed by atoms with van der Waals surface area (Å²) < 4.78 is 2.10. The van der Waals surface area contributed by atoms with Crippen LogP contribution in [-0.2, 0) is 11.2 Å². The average Bonchev–Trinajstić information content (AvgIpc) is 3.16. The molecule has 4 nitrogen and oxygen atoms in total. The molecule has 156 valence electrons. The Morgan fingerprint density at radius 2 is 1.90 bits per heavy atom. The maximum atomic E-state index is 12.2. The standard InChI is InChI=1S/C25H27ClN2O2/c1-17-7-5-8-18(13-17)23(25(29)30)15-22-16-24(19-9-6-10-20(26)14-19)27-28(22)21-11-3-2-4-12-21/h5-10,13-14,16,21,23H,2-4,11-12,15H2,1H3,(H,29,30). The third kappa shape index (κ3) is 4.59. The third-order valence-electron chi connectivity index (χ3n) is 6.01. The van der Waals surface area contributed by atoms with Crippen LogP contribution in [0.1, 0.15) is 60.9 Å². The topological polar surface area (TPSA) is 55.1 Å². The monoisotopic (exact) mass is 422 g/mol. The van der Waals surface area contributed by atoms with Crippen molar-refractivity contribution < 1.29 is 9.90 Å². The number of halogens is 1. The van der Waals surface area contributed by atoms with Gasteiger partial charge in [-0.25, -0.2) is 0 Å². The second-order valence-electron chi connectivity index (χ2n) is 8.28. The lowest BCUT2D eigenvalue weighted by molar-refractivity contribution is -0.138. The molecule has 1 saturated carbocycles. The van der Waals surface area contributed by atoms with Gasteiger partial charge in [-0.2, -0.15) is 5.10 Å². The lowest BCUT2D eigenvalue weighted by Gasteiger charge is -2.25. The van der Waals surface area contributed by atoms with Gasteiger partial charge in [-0.05, 0) is 43.5 Å². The fourth-order valence-corrected chi connectivity index (χ4v) is 4.65. The SMILES string of the molecule is Cc1cccc(C(Cc2cc(-c3cccc(Cl)c3)nn2C2CCCCC2)C(=O)O)c1. The fraction of sp³-hybridized carbons (Fsp3) is 0.360. The number of nitrogens with zero attached hydrogens (tertiary/aromatic N) is 2. The molecule has 1 aromatic heterocycles. The molecule has 1 aliphatic carbocycles. The fourth-order valence-electron chi connectivity index (χ4n) is 4.46. The molecule has 3 aromatic rings. The van der Waals surface area contributed by atoms with Gasteiger partial charge in [0.25, 0.3) is 0 Å². The third-order valence-corrected chi connectivity index (χ3v) is 6.24. The minimum Gasteiger partial charge on any atom is -0.481 e. The molecule has 1 N–H and O–H groups in total. The van der Waals surface area contributed by atoms with Gasteiger partial charge in [0, 0.05) is 22.7 Å². The van der Waals surface area contributed by atoms with E-state index in [2.05, 4.69) is 4.68 Å². The molecular formula is C25H27ClN2O2. The number of rotatable bonds is 6. The largest absolute Gasteiger partial charge is 0.481 e. The van der Waals surface area contributed by atoms with Gasteiger partial charge in [-0.15, -0.1) is 0 Å². The van der Waals surface area contributed by atoms with Crippen molar-refractivity contribution in [1.29, 1.82) is 0 Å². The summed E-state index contributed by atoms with van der Waals surface area (Å²) in [6, 6.07) is 17.9. The summed E-state index contributed by atoms with van der Waals surface area (Å²) in [4.78, 5) is 12.2. The molecule has 0 radical (unpaired) electrons. The van der Waals surface area contributed by atoms with Crippen LogP contribution in [0.2, 0.25) is 5.02 Å². The van der Waals surface area contributed by atoms with Crippen molar-refractivity contribution >= 4 is 17.6 Å². The van der Waals surface area contributed by atoms with E-state index < -0.39 is 11.9 Å². The van der Waals surface area contributed by atoms with Crippen LogP contribution in [-0.4, -0.2) is 20.9 Å². The van der Waals surface area contributed by atoms with Crippen molar-refractivity contribution in [2.24, 2.45) is 0 Å². The summed E-state index contributed by atoms with van der Waals surface area (Å²) in [5, 5.41) is 15.6. The molecule has 1 unspecified atom stereocenters. The summed E-state index contributed by atoms with van der Waals surface area (Å²) in [6.45, 7) is 1.99. The zero-order chi connectivity index (χ0) is 21.1. The van der Waals surface area contributed by atoms with Crippen molar-refractivity contribution in [3.05, 3.63) is 76.4 Å². The van der Waals surface area contributed by atoms with Crippen molar-refractivity contribution in [1.82, 2.24) is 9.78 Å². The lowest BCUT2D eigenvalue weighted by atomic mass is 9.91. The number of aryl methyl sites for hydroxylation is 1. The Morgan fingerprint density at radius 1 is 1.13 bits per heavy atom. The van der Waals surface area contributed by atoms with E-state index in [0.717, 1.165) is 40.9 Å². The van der Waals surface area contributed by atoms with Gasteiger partial charge in [0.05, 0.1) is 17.7 Å². The normalized spacial score (nSPS) is 15.8. The number of hydrogen-bond donors (Lipinski definition) is 1. The van der Waals surface area contributed by atoms with E-state index in [0.29, 0.717) is 17.5 Å². The van der Waals surface area contributed by atoms with E-state index in [1.807, 2.05) is 61.5 Å². The predicted octanol–water partition coefficient (Wildman–Crippen LogP) is 6.43. The van der Waals surface area contributed by atoms with Gasteiger partial charge < -0.3 is 5.11 Å². The van der Waals surface area contributed by atoms with Gasteiger partial charge in [-0.3, -0.25) is 9.48 Å². The molecule has 0 saturated heterocycles. The Kier molecular flexibility index (Phi) is 6.24. The number of aliphatic carboxylic acids is 1. The van der Waals surface area contributed by atoms with E-state index in [1.165, 1.54) is 19.3 Å². The average molecular weight is 423 g/mol. The molecule has 1 aliphatic rings. The van der Waals surface area contributed by atoms with E-state index in [4.69, 9.17) is 16.7 Å². The molecule has 0 spiro atoms. The molecule has 5 heteroatoms. The number of benzene rings is 2. The van der Waals surface area contributed by atoms with E-state index in [-0.39, 0.29) is 0 Å². The highest BCUT2D eigenvalue weighted by atomic mass is 35.5. The first-order chi connectivity index (χ1) is 14.5. The van der Waals surface area contributed by atoms with E-state index in [1.54, 1.807) is 0 Å². The number of hydrogen-bond acceptors (Lipinski definition) is 2. The Balaban J connectivity index is 1.73. The minimum absolute atomic E-state index is 0.327. The predicted molar refractivity (Wildman–Crippen MR) is 120 cm³/mol. The first-order valence-corrected chi connectivity index (χ1v) is 11.0. The van der Waals surface area contributed by atoms with Gasteiger partial charge in [0.1, 0.15) is 0 Å². The van der Waals surface area contributed by atoms with Gasteiger partial charge >= 0.3 is 5.97 Å². The molecule has 1 atom stereocenters. The van der Waals surface area contributed by atoms with E-state index >= 15 is 0 Å². The molecule has 1 heterocycles. The van der Waals surface area contributed by atoms with Crippen molar-refractivity contribution in [2.45, 2.75) is 57.4 Å². The van der Waals surface area contributed by atoms with Crippen LogP contribution >= 0.6 is 11.6 Å².